The maximum atomic E-state index is 11.1. The Hall–Kier alpha value is -0.610. The van der Waals surface area contributed by atoms with Crippen molar-refractivity contribution >= 4 is 5.97 Å². The summed E-state index contributed by atoms with van der Waals surface area (Å²) in [6.07, 6.45) is 5.32. The molecule has 4 heteroatoms. The SMILES string of the molecule is CCCCOCCOC1(C(=O)O)CCCC1. The van der Waals surface area contributed by atoms with Crippen molar-refractivity contribution in [3.8, 4) is 0 Å². The van der Waals surface area contributed by atoms with Crippen LogP contribution in [0.3, 0.4) is 0 Å². The summed E-state index contributed by atoms with van der Waals surface area (Å²) in [5, 5.41) is 9.14. The van der Waals surface area contributed by atoms with Crippen molar-refractivity contribution in [2.24, 2.45) is 0 Å². The number of aliphatic carboxylic acids is 1. The van der Waals surface area contributed by atoms with Crippen LogP contribution in [0.15, 0.2) is 0 Å². The summed E-state index contributed by atoms with van der Waals surface area (Å²) >= 11 is 0. The molecular formula is C12H22O4. The molecular weight excluding hydrogens is 208 g/mol. The molecule has 1 saturated carbocycles. The predicted molar refractivity (Wildman–Crippen MR) is 60.5 cm³/mol. The molecule has 0 spiro atoms. The monoisotopic (exact) mass is 230 g/mol. The number of carboxylic acids is 1. The second kappa shape index (κ2) is 6.86. The van der Waals surface area contributed by atoms with Crippen LogP contribution in [0, 0.1) is 0 Å². The van der Waals surface area contributed by atoms with Crippen LogP contribution < -0.4 is 0 Å². The van der Waals surface area contributed by atoms with Gasteiger partial charge in [-0.25, -0.2) is 4.79 Å². The third-order valence-electron chi connectivity index (χ3n) is 3.05. The number of carbonyl (C=O) groups is 1. The van der Waals surface area contributed by atoms with E-state index in [0.717, 1.165) is 32.3 Å². The van der Waals surface area contributed by atoms with Gasteiger partial charge in [0.05, 0.1) is 13.2 Å². The van der Waals surface area contributed by atoms with E-state index in [9.17, 15) is 4.79 Å². The minimum absolute atomic E-state index is 0.385. The third kappa shape index (κ3) is 3.76. The number of hydrogen-bond acceptors (Lipinski definition) is 3. The van der Waals surface area contributed by atoms with Gasteiger partial charge in [0.25, 0.3) is 0 Å². The zero-order chi connectivity index (χ0) is 11.9. The molecule has 0 amide bonds. The molecule has 0 saturated heterocycles. The molecule has 1 aliphatic rings. The summed E-state index contributed by atoms with van der Waals surface area (Å²) in [6, 6.07) is 0. The molecule has 0 aromatic rings. The normalized spacial score (nSPS) is 18.8. The molecule has 1 aliphatic carbocycles. The van der Waals surface area contributed by atoms with Gasteiger partial charge in [-0.3, -0.25) is 0 Å². The maximum Gasteiger partial charge on any atom is 0.335 e. The van der Waals surface area contributed by atoms with Crippen LogP contribution in [0.4, 0.5) is 0 Å². The van der Waals surface area contributed by atoms with Gasteiger partial charge in [0.1, 0.15) is 0 Å². The van der Waals surface area contributed by atoms with Crippen molar-refractivity contribution in [2.45, 2.75) is 51.0 Å². The quantitative estimate of drug-likeness (QED) is 0.649. The molecule has 0 aromatic carbocycles. The van der Waals surface area contributed by atoms with Crippen LogP contribution in [0.1, 0.15) is 45.4 Å². The van der Waals surface area contributed by atoms with Gasteiger partial charge in [-0.05, 0) is 32.1 Å². The highest BCUT2D eigenvalue weighted by Gasteiger charge is 2.42. The zero-order valence-corrected chi connectivity index (χ0v) is 10.0. The van der Waals surface area contributed by atoms with Gasteiger partial charge >= 0.3 is 5.97 Å². The van der Waals surface area contributed by atoms with Gasteiger partial charge in [-0.1, -0.05) is 13.3 Å². The molecule has 0 aromatic heterocycles. The molecule has 0 heterocycles. The first kappa shape index (κ1) is 13.5. The predicted octanol–water partition coefficient (Wildman–Crippen LogP) is 2.22. The topological polar surface area (TPSA) is 55.8 Å². The number of rotatable bonds is 8. The van der Waals surface area contributed by atoms with Crippen LogP contribution in [0.5, 0.6) is 0 Å². The smallest absolute Gasteiger partial charge is 0.335 e. The van der Waals surface area contributed by atoms with E-state index < -0.39 is 11.6 Å². The van der Waals surface area contributed by atoms with E-state index in [2.05, 4.69) is 6.92 Å². The minimum atomic E-state index is -0.923. The second-order valence-electron chi connectivity index (χ2n) is 4.32. The molecule has 16 heavy (non-hydrogen) atoms. The van der Waals surface area contributed by atoms with E-state index in [-0.39, 0.29) is 0 Å². The lowest BCUT2D eigenvalue weighted by Crippen LogP contribution is -2.39. The van der Waals surface area contributed by atoms with Gasteiger partial charge in [-0.15, -0.1) is 0 Å². The fourth-order valence-corrected chi connectivity index (χ4v) is 2.01. The molecule has 4 nitrogen and oxygen atoms in total. The van der Waals surface area contributed by atoms with E-state index in [4.69, 9.17) is 14.6 Å². The molecule has 0 atom stereocenters. The van der Waals surface area contributed by atoms with E-state index in [1.54, 1.807) is 0 Å². The van der Waals surface area contributed by atoms with Crippen molar-refractivity contribution in [1.82, 2.24) is 0 Å². The molecule has 0 aliphatic heterocycles. The Balaban J connectivity index is 2.16. The molecule has 0 bridgehead atoms. The fourth-order valence-electron chi connectivity index (χ4n) is 2.01. The number of ether oxygens (including phenoxy) is 2. The standard InChI is InChI=1S/C12H22O4/c1-2-3-8-15-9-10-16-12(11(13)14)6-4-5-7-12/h2-10H2,1H3,(H,13,14). The Labute approximate surface area is 96.9 Å². The Morgan fingerprint density at radius 2 is 1.94 bits per heavy atom. The summed E-state index contributed by atoms with van der Waals surface area (Å²) < 4.78 is 10.8. The summed E-state index contributed by atoms with van der Waals surface area (Å²) in [4.78, 5) is 11.1. The van der Waals surface area contributed by atoms with E-state index in [1.165, 1.54) is 0 Å². The lowest BCUT2D eigenvalue weighted by Gasteiger charge is -2.24. The number of unbranched alkanes of at least 4 members (excludes halogenated alkanes) is 1. The average molecular weight is 230 g/mol. The minimum Gasteiger partial charge on any atom is -0.479 e. The highest BCUT2D eigenvalue weighted by atomic mass is 16.6. The summed E-state index contributed by atoms with van der Waals surface area (Å²) in [7, 11) is 0. The van der Waals surface area contributed by atoms with Crippen molar-refractivity contribution < 1.29 is 19.4 Å². The Bertz CT molecular complexity index is 209. The molecule has 1 fully saturated rings. The van der Waals surface area contributed by atoms with Crippen LogP contribution in [-0.2, 0) is 14.3 Å². The summed E-state index contributed by atoms with van der Waals surface area (Å²) in [6.45, 7) is 3.72. The molecule has 0 radical (unpaired) electrons. The van der Waals surface area contributed by atoms with E-state index >= 15 is 0 Å². The average Bonchev–Trinajstić information content (AvgIpc) is 2.73. The first-order valence-corrected chi connectivity index (χ1v) is 6.16. The number of hydrogen-bond donors (Lipinski definition) is 1. The van der Waals surface area contributed by atoms with Crippen molar-refractivity contribution in [3.05, 3.63) is 0 Å². The van der Waals surface area contributed by atoms with Crippen LogP contribution in [0.25, 0.3) is 0 Å². The van der Waals surface area contributed by atoms with E-state index in [0.29, 0.717) is 26.1 Å². The highest BCUT2D eigenvalue weighted by molar-refractivity contribution is 5.77. The molecule has 94 valence electrons. The van der Waals surface area contributed by atoms with Crippen molar-refractivity contribution in [3.63, 3.8) is 0 Å². The van der Waals surface area contributed by atoms with Crippen molar-refractivity contribution in [1.29, 1.82) is 0 Å². The summed E-state index contributed by atoms with van der Waals surface area (Å²) in [5.74, 6) is -0.821. The van der Waals surface area contributed by atoms with Crippen LogP contribution >= 0.6 is 0 Å². The highest BCUT2D eigenvalue weighted by Crippen LogP contribution is 2.33. The first-order chi connectivity index (χ1) is 7.71. The Morgan fingerprint density at radius 3 is 2.50 bits per heavy atom. The van der Waals surface area contributed by atoms with Crippen LogP contribution in [-0.4, -0.2) is 36.5 Å². The van der Waals surface area contributed by atoms with Gasteiger partial charge in [0.15, 0.2) is 5.60 Å². The largest absolute Gasteiger partial charge is 0.479 e. The molecule has 0 unspecified atom stereocenters. The van der Waals surface area contributed by atoms with Crippen molar-refractivity contribution in [2.75, 3.05) is 19.8 Å². The molecule has 1 rings (SSSR count). The fraction of sp³-hybridized carbons (Fsp3) is 0.917. The maximum absolute atomic E-state index is 11.1. The van der Waals surface area contributed by atoms with E-state index in [1.807, 2.05) is 0 Å². The van der Waals surface area contributed by atoms with Crippen LogP contribution in [0.2, 0.25) is 0 Å². The van der Waals surface area contributed by atoms with Gasteiger partial charge in [0.2, 0.25) is 0 Å². The van der Waals surface area contributed by atoms with Gasteiger partial charge in [0, 0.05) is 6.61 Å². The first-order valence-electron chi connectivity index (χ1n) is 6.16. The Kier molecular flexibility index (Phi) is 5.77. The van der Waals surface area contributed by atoms with Gasteiger partial charge < -0.3 is 14.6 Å². The molecule has 1 N–H and O–H groups in total. The second-order valence-corrected chi connectivity index (χ2v) is 4.32. The summed E-state index contributed by atoms with van der Waals surface area (Å²) in [5.41, 5.74) is -0.923. The van der Waals surface area contributed by atoms with Gasteiger partial charge in [-0.2, -0.15) is 0 Å². The zero-order valence-electron chi connectivity index (χ0n) is 10.0. The lowest BCUT2D eigenvalue weighted by molar-refractivity contribution is -0.167. The Morgan fingerprint density at radius 1 is 1.25 bits per heavy atom. The number of carboxylic acid groups (broad SMARTS) is 1. The third-order valence-corrected chi connectivity index (χ3v) is 3.05. The lowest BCUT2D eigenvalue weighted by atomic mass is 10.0.